The van der Waals surface area contributed by atoms with E-state index in [0.717, 1.165) is 47.6 Å². The Morgan fingerprint density at radius 2 is 1.97 bits per heavy atom. The van der Waals surface area contributed by atoms with Crippen LogP contribution in [0.3, 0.4) is 0 Å². The second-order valence-corrected chi connectivity index (χ2v) is 9.93. The van der Waals surface area contributed by atoms with Gasteiger partial charge >= 0.3 is 5.97 Å². The van der Waals surface area contributed by atoms with Gasteiger partial charge in [0.1, 0.15) is 29.5 Å². The summed E-state index contributed by atoms with van der Waals surface area (Å²) in [6, 6.07) is 16.4. The molecule has 3 aliphatic rings. The van der Waals surface area contributed by atoms with Crippen LogP contribution in [-0.4, -0.2) is 23.3 Å². The summed E-state index contributed by atoms with van der Waals surface area (Å²) < 4.78 is 18.1. The molecule has 34 heavy (non-hydrogen) atoms. The van der Waals surface area contributed by atoms with Crippen LogP contribution in [-0.2, 0) is 17.8 Å². The van der Waals surface area contributed by atoms with Crippen LogP contribution >= 0.6 is 0 Å². The van der Waals surface area contributed by atoms with Gasteiger partial charge in [-0.15, -0.1) is 0 Å². The van der Waals surface area contributed by atoms with Gasteiger partial charge in [0.25, 0.3) is 0 Å². The zero-order chi connectivity index (χ0) is 23.4. The normalized spacial score (nSPS) is 18.7. The Labute approximate surface area is 199 Å². The lowest BCUT2D eigenvalue weighted by molar-refractivity contribution is -0.137. The number of ether oxygens (including phenoxy) is 3. The van der Waals surface area contributed by atoms with Gasteiger partial charge in [-0.2, -0.15) is 0 Å². The summed E-state index contributed by atoms with van der Waals surface area (Å²) >= 11 is 0. The number of rotatable bonds is 6. The third kappa shape index (κ3) is 3.69. The van der Waals surface area contributed by atoms with Crippen molar-refractivity contribution in [1.82, 2.24) is 0 Å². The van der Waals surface area contributed by atoms with E-state index in [-0.39, 0.29) is 17.9 Å². The predicted molar refractivity (Wildman–Crippen MR) is 129 cm³/mol. The standard InChI is InChI=1S/C29H28O5/c1-17-10-26-24(14-29(34-26)8-9-29)18(2)28(17)20-5-3-4-19(11-20)15-32-22-6-7-23-21(12-27(30)31)16-33-25(23)13-22/h3-7,10-11,13,21H,8-9,12,14-16H2,1-2H3,(H,30,31). The molecular weight excluding hydrogens is 428 g/mol. The van der Waals surface area contributed by atoms with Crippen LogP contribution in [0.15, 0.2) is 48.5 Å². The highest BCUT2D eigenvalue weighted by atomic mass is 16.5. The molecule has 2 heterocycles. The Morgan fingerprint density at radius 1 is 1.12 bits per heavy atom. The van der Waals surface area contributed by atoms with Crippen LogP contribution in [0.25, 0.3) is 11.1 Å². The predicted octanol–water partition coefficient (Wildman–Crippen LogP) is 5.97. The van der Waals surface area contributed by atoms with Crippen LogP contribution in [0.5, 0.6) is 17.2 Å². The van der Waals surface area contributed by atoms with Crippen molar-refractivity contribution >= 4 is 5.97 Å². The summed E-state index contributed by atoms with van der Waals surface area (Å²) in [5.74, 6) is 1.60. The fourth-order valence-corrected chi connectivity index (χ4v) is 5.46. The van der Waals surface area contributed by atoms with Gasteiger partial charge in [-0.05, 0) is 72.7 Å². The van der Waals surface area contributed by atoms with Gasteiger partial charge in [0.15, 0.2) is 0 Å². The van der Waals surface area contributed by atoms with Gasteiger partial charge in [0.05, 0.1) is 13.0 Å². The molecule has 1 N–H and O–H groups in total. The Balaban J connectivity index is 1.20. The molecule has 0 bridgehead atoms. The number of carboxylic acid groups (broad SMARTS) is 1. The first kappa shape index (κ1) is 21.1. The molecule has 1 unspecified atom stereocenters. The van der Waals surface area contributed by atoms with Crippen LogP contribution in [0.1, 0.15) is 53.0 Å². The summed E-state index contributed by atoms with van der Waals surface area (Å²) in [7, 11) is 0. The highest BCUT2D eigenvalue weighted by Gasteiger charge is 2.50. The minimum Gasteiger partial charge on any atom is -0.492 e. The molecule has 0 amide bonds. The zero-order valence-electron chi connectivity index (χ0n) is 19.5. The lowest BCUT2D eigenvalue weighted by Crippen LogP contribution is -2.12. The van der Waals surface area contributed by atoms with Crippen molar-refractivity contribution in [3.63, 3.8) is 0 Å². The smallest absolute Gasteiger partial charge is 0.304 e. The summed E-state index contributed by atoms with van der Waals surface area (Å²) in [4.78, 5) is 11.1. The molecule has 1 atom stereocenters. The number of hydrogen-bond donors (Lipinski definition) is 1. The number of aryl methyl sites for hydroxylation is 1. The lowest BCUT2D eigenvalue weighted by atomic mass is 9.90. The number of carboxylic acids is 1. The van der Waals surface area contributed by atoms with E-state index in [1.807, 2.05) is 18.2 Å². The van der Waals surface area contributed by atoms with Gasteiger partial charge in [0, 0.05) is 29.5 Å². The monoisotopic (exact) mass is 456 g/mol. The average molecular weight is 457 g/mol. The quantitative estimate of drug-likeness (QED) is 0.495. The number of carbonyl (C=O) groups is 1. The van der Waals surface area contributed by atoms with Crippen molar-refractivity contribution in [2.45, 2.75) is 57.7 Å². The molecule has 1 spiro atoms. The van der Waals surface area contributed by atoms with Crippen molar-refractivity contribution in [3.05, 3.63) is 76.3 Å². The van der Waals surface area contributed by atoms with Crippen molar-refractivity contribution in [2.75, 3.05) is 6.61 Å². The number of benzene rings is 3. The lowest BCUT2D eigenvalue weighted by Gasteiger charge is -2.15. The Kier molecular flexibility index (Phi) is 4.83. The van der Waals surface area contributed by atoms with Crippen LogP contribution in [0.4, 0.5) is 0 Å². The highest BCUT2D eigenvalue weighted by molar-refractivity contribution is 5.75. The van der Waals surface area contributed by atoms with Crippen molar-refractivity contribution < 1.29 is 24.1 Å². The van der Waals surface area contributed by atoms with E-state index in [1.165, 1.54) is 27.8 Å². The molecule has 1 saturated carbocycles. The first-order valence-electron chi connectivity index (χ1n) is 11.9. The molecule has 6 rings (SSSR count). The molecule has 174 valence electrons. The molecule has 2 aliphatic heterocycles. The third-order valence-electron chi connectivity index (χ3n) is 7.41. The van der Waals surface area contributed by atoms with E-state index in [2.05, 4.69) is 44.2 Å². The number of fused-ring (bicyclic) bond motifs is 2. The van der Waals surface area contributed by atoms with E-state index in [0.29, 0.717) is 13.2 Å². The number of hydrogen-bond acceptors (Lipinski definition) is 4. The first-order chi connectivity index (χ1) is 16.4. The van der Waals surface area contributed by atoms with Crippen LogP contribution in [0, 0.1) is 13.8 Å². The van der Waals surface area contributed by atoms with E-state index >= 15 is 0 Å². The molecule has 3 aromatic carbocycles. The van der Waals surface area contributed by atoms with Crippen LogP contribution in [0.2, 0.25) is 0 Å². The molecule has 3 aromatic rings. The van der Waals surface area contributed by atoms with Crippen molar-refractivity contribution in [3.8, 4) is 28.4 Å². The molecule has 5 nitrogen and oxygen atoms in total. The molecule has 1 aliphatic carbocycles. The maximum absolute atomic E-state index is 11.1. The molecular formula is C29H28O5. The van der Waals surface area contributed by atoms with Gasteiger partial charge in [-0.25, -0.2) is 0 Å². The molecule has 1 fully saturated rings. The summed E-state index contributed by atoms with van der Waals surface area (Å²) in [6.07, 6.45) is 3.43. The fraction of sp³-hybridized carbons (Fsp3) is 0.345. The maximum atomic E-state index is 11.1. The van der Waals surface area contributed by atoms with Gasteiger partial charge in [-0.3, -0.25) is 4.79 Å². The number of aliphatic carboxylic acids is 1. The highest BCUT2D eigenvalue weighted by Crippen LogP contribution is 2.52. The maximum Gasteiger partial charge on any atom is 0.304 e. The minimum atomic E-state index is -0.810. The molecule has 0 radical (unpaired) electrons. The van der Waals surface area contributed by atoms with Gasteiger partial charge in [0.2, 0.25) is 0 Å². The third-order valence-corrected chi connectivity index (χ3v) is 7.41. The minimum absolute atomic E-state index is 0.0780. The first-order valence-corrected chi connectivity index (χ1v) is 11.9. The van der Waals surface area contributed by atoms with Gasteiger partial charge in [-0.1, -0.05) is 24.3 Å². The van der Waals surface area contributed by atoms with Crippen molar-refractivity contribution in [2.24, 2.45) is 0 Å². The Hall–Kier alpha value is -3.47. The SMILES string of the molecule is Cc1cc2c(c(C)c1-c1cccc(COc3ccc4c(c3)OCC4CC(=O)O)c1)CC1(CC1)O2. The largest absolute Gasteiger partial charge is 0.492 e. The molecule has 0 saturated heterocycles. The summed E-state index contributed by atoms with van der Waals surface area (Å²) in [5, 5.41) is 9.09. The van der Waals surface area contributed by atoms with Gasteiger partial charge < -0.3 is 19.3 Å². The van der Waals surface area contributed by atoms with Crippen molar-refractivity contribution in [1.29, 1.82) is 0 Å². The summed E-state index contributed by atoms with van der Waals surface area (Å²) in [6.45, 7) is 5.23. The Bertz CT molecular complexity index is 1300. The van der Waals surface area contributed by atoms with E-state index in [9.17, 15) is 4.79 Å². The Morgan fingerprint density at radius 3 is 2.76 bits per heavy atom. The second-order valence-electron chi connectivity index (χ2n) is 9.93. The summed E-state index contributed by atoms with van der Waals surface area (Å²) in [5.41, 5.74) is 8.53. The fourth-order valence-electron chi connectivity index (χ4n) is 5.46. The topological polar surface area (TPSA) is 65.0 Å². The van der Waals surface area contributed by atoms with E-state index < -0.39 is 5.97 Å². The molecule has 0 aromatic heterocycles. The second kappa shape index (κ2) is 7.79. The zero-order valence-corrected chi connectivity index (χ0v) is 19.5. The average Bonchev–Trinajstić information content (AvgIpc) is 3.29. The van der Waals surface area contributed by atoms with E-state index in [1.54, 1.807) is 0 Å². The molecule has 5 heteroatoms. The van der Waals surface area contributed by atoms with E-state index in [4.69, 9.17) is 19.3 Å². The van der Waals surface area contributed by atoms with Crippen LogP contribution < -0.4 is 14.2 Å².